The maximum absolute atomic E-state index is 13.2. The molecule has 1 unspecified atom stereocenters. The lowest BCUT2D eigenvalue weighted by molar-refractivity contribution is 0.0677. The highest BCUT2D eigenvalue weighted by atomic mass is 16.7. The van der Waals surface area contributed by atoms with E-state index in [2.05, 4.69) is 12.1 Å². The van der Waals surface area contributed by atoms with Crippen LogP contribution in [0, 0.1) is 0 Å². The van der Waals surface area contributed by atoms with E-state index in [1.54, 1.807) is 6.07 Å². The lowest BCUT2D eigenvalue weighted by atomic mass is 10.0. The predicted octanol–water partition coefficient (Wildman–Crippen LogP) is 2.84. The molecular weight excluding hydrogens is 316 g/mol. The van der Waals surface area contributed by atoms with Gasteiger partial charge in [-0.1, -0.05) is 36.4 Å². The third-order valence-corrected chi connectivity index (χ3v) is 4.48. The number of nitrogens with zero attached hydrogens (tertiary/aromatic N) is 1. The maximum atomic E-state index is 13.2. The van der Waals surface area contributed by atoms with Crippen LogP contribution in [0.3, 0.4) is 0 Å². The first kappa shape index (κ1) is 17.3. The normalized spacial score (nSPS) is 13.5. The summed E-state index contributed by atoms with van der Waals surface area (Å²) in [5, 5.41) is 0. The van der Waals surface area contributed by atoms with E-state index in [1.165, 1.54) is 5.56 Å². The Balaban J connectivity index is 1.86. The summed E-state index contributed by atoms with van der Waals surface area (Å²) >= 11 is 0. The molecule has 3 rings (SSSR count). The molecule has 0 radical (unpaired) electrons. The van der Waals surface area contributed by atoms with Gasteiger partial charge in [0.15, 0.2) is 11.5 Å². The number of ether oxygens (including phenoxy) is 2. The third kappa shape index (κ3) is 3.77. The Hall–Kier alpha value is -2.53. The Bertz CT molecular complexity index is 718. The van der Waals surface area contributed by atoms with E-state index in [0.29, 0.717) is 30.2 Å². The highest BCUT2D eigenvalue weighted by Crippen LogP contribution is 2.36. The van der Waals surface area contributed by atoms with Crippen molar-refractivity contribution in [2.75, 3.05) is 19.9 Å². The maximum Gasteiger partial charge on any atom is 0.258 e. The van der Waals surface area contributed by atoms with Gasteiger partial charge in [0, 0.05) is 12.6 Å². The second-order valence-electron chi connectivity index (χ2n) is 6.05. The average Bonchev–Trinajstić information content (AvgIpc) is 3.12. The lowest BCUT2D eigenvalue weighted by Gasteiger charge is -2.31. The molecule has 0 saturated heterocycles. The second-order valence-corrected chi connectivity index (χ2v) is 6.05. The highest BCUT2D eigenvalue weighted by Gasteiger charge is 2.28. The minimum absolute atomic E-state index is 0.0424. The number of likely N-dealkylation sites (N-methyl/N-ethyl adjacent to an activating group) is 1. The van der Waals surface area contributed by atoms with Crippen molar-refractivity contribution in [3.8, 4) is 11.5 Å². The monoisotopic (exact) mass is 340 g/mol. The smallest absolute Gasteiger partial charge is 0.258 e. The quantitative estimate of drug-likeness (QED) is 0.842. The van der Waals surface area contributed by atoms with Crippen molar-refractivity contribution < 1.29 is 14.3 Å². The molecule has 1 atom stereocenters. The SMILES string of the molecule is CCN(C(=O)c1cccc2c1OCO2)C(CCN)Cc1ccccc1. The van der Waals surface area contributed by atoms with Crippen LogP contribution in [-0.2, 0) is 6.42 Å². The first-order valence-corrected chi connectivity index (χ1v) is 8.68. The van der Waals surface area contributed by atoms with E-state index in [9.17, 15) is 4.79 Å². The topological polar surface area (TPSA) is 64.8 Å². The summed E-state index contributed by atoms with van der Waals surface area (Å²) in [4.78, 5) is 15.1. The number of hydrogen-bond acceptors (Lipinski definition) is 4. The lowest BCUT2D eigenvalue weighted by Crippen LogP contribution is -2.42. The number of fused-ring (bicyclic) bond motifs is 1. The molecule has 0 fully saturated rings. The number of para-hydroxylation sites is 1. The molecule has 2 N–H and O–H groups in total. The summed E-state index contributed by atoms with van der Waals surface area (Å²) in [5.74, 6) is 1.12. The molecule has 0 saturated carbocycles. The van der Waals surface area contributed by atoms with E-state index < -0.39 is 0 Å². The first-order chi connectivity index (χ1) is 12.2. The van der Waals surface area contributed by atoms with Crippen molar-refractivity contribution >= 4 is 5.91 Å². The van der Waals surface area contributed by atoms with Crippen LogP contribution in [0.1, 0.15) is 29.3 Å². The zero-order valence-corrected chi connectivity index (χ0v) is 14.5. The Morgan fingerprint density at radius 3 is 2.68 bits per heavy atom. The number of carbonyl (C=O) groups is 1. The highest BCUT2D eigenvalue weighted by molar-refractivity contribution is 5.98. The number of amides is 1. The molecule has 1 amide bonds. The molecule has 1 aliphatic rings. The van der Waals surface area contributed by atoms with Crippen LogP contribution in [0.2, 0.25) is 0 Å². The van der Waals surface area contributed by atoms with Crippen LogP contribution in [0.4, 0.5) is 0 Å². The molecule has 5 heteroatoms. The minimum atomic E-state index is -0.0424. The van der Waals surface area contributed by atoms with Gasteiger partial charge in [0.2, 0.25) is 6.79 Å². The van der Waals surface area contributed by atoms with Crippen LogP contribution in [0.15, 0.2) is 48.5 Å². The number of carbonyl (C=O) groups excluding carboxylic acids is 1. The van der Waals surface area contributed by atoms with Crippen molar-refractivity contribution in [1.29, 1.82) is 0 Å². The molecule has 5 nitrogen and oxygen atoms in total. The molecule has 0 bridgehead atoms. The van der Waals surface area contributed by atoms with Gasteiger partial charge in [-0.25, -0.2) is 0 Å². The molecule has 0 spiro atoms. The number of benzene rings is 2. The summed E-state index contributed by atoms with van der Waals surface area (Å²) in [7, 11) is 0. The van der Waals surface area contributed by atoms with Crippen molar-refractivity contribution in [2.45, 2.75) is 25.8 Å². The standard InChI is InChI=1S/C20H24N2O3/c1-2-22(16(11-12-21)13-15-7-4-3-5-8-15)20(23)17-9-6-10-18-19(17)25-14-24-18/h3-10,16H,2,11-14,21H2,1H3. The molecule has 25 heavy (non-hydrogen) atoms. The molecule has 2 aromatic rings. The summed E-state index contributed by atoms with van der Waals surface area (Å²) in [6.07, 6.45) is 1.53. The van der Waals surface area contributed by atoms with Gasteiger partial charge >= 0.3 is 0 Å². The van der Waals surface area contributed by atoms with Crippen LogP contribution in [0.25, 0.3) is 0 Å². The van der Waals surface area contributed by atoms with Crippen molar-refractivity contribution in [3.63, 3.8) is 0 Å². The molecular formula is C20H24N2O3. The Labute approximate surface area is 148 Å². The van der Waals surface area contributed by atoms with E-state index in [1.807, 2.05) is 42.2 Å². The van der Waals surface area contributed by atoms with Crippen molar-refractivity contribution in [3.05, 3.63) is 59.7 Å². The Morgan fingerprint density at radius 1 is 1.16 bits per heavy atom. The van der Waals surface area contributed by atoms with Gasteiger partial charge in [0.05, 0.1) is 5.56 Å². The molecule has 1 aliphatic heterocycles. The van der Waals surface area contributed by atoms with Gasteiger partial charge in [-0.05, 0) is 44.0 Å². The van der Waals surface area contributed by atoms with Gasteiger partial charge in [0.25, 0.3) is 5.91 Å². The average molecular weight is 340 g/mol. The minimum Gasteiger partial charge on any atom is -0.454 e. The van der Waals surface area contributed by atoms with E-state index in [-0.39, 0.29) is 18.7 Å². The van der Waals surface area contributed by atoms with Gasteiger partial charge in [0.1, 0.15) is 0 Å². The van der Waals surface area contributed by atoms with Gasteiger partial charge in [-0.3, -0.25) is 4.79 Å². The first-order valence-electron chi connectivity index (χ1n) is 8.68. The fourth-order valence-electron chi connectivity index (χ4n) is 3.27. The molecule has 2 aromatic carbocycles. The fraction of sp³-hybridized carbons (Fsp3) is 0.350. The van der Waals surface area contributed by atoms with Crippen molar-refractivity contribution in [2.24, 2.45) is 5.73 Å². The third-order valence-electron chi connectivity index (χ3n) is 4.48. The Kier molecular flexibility index (Phi) is 5.56. The molecule has 132 valence electrons. The summed E-state index contributed by atoms with van der Waals surface area (Å²) in [6, 6.07) is 15.7. The molecule has 1 heterocycles. The van der Waals surface area contributed by atoms with Gasteiger partial charge in [-0.2, -0.15) is 0 Å². The largest absolute Gasteiger partial charge is 0.454 e. The van der Waals surface area contributed by atoms with Gasteiger partial charge < -0.3 is 20.1 Å². The zero-order chi connectivity index (χ0) is 17.6. The molecule has 0 aliphatic carbocycles. The van der Waals surface area contributed by atoms with Gasteiger partial charge in [-0.15, -0.1) is 0 Å². The van der Waals surface area contributed by atoms with Crippen molar-refractivity contribution in [1.82, 2.24) is 4.90 Å². The van der Waals surface area contributed by atoms with E-state index >= 15 is 0 Å². The van der Waals surface area contributed by atoms with Crippen LogP contribution >= 0.6 is 0 Å². The summed E-state index contributed by atoms with van der Waals surface area (Å²) in [5.41, 5.74) is 7.57. The Morgan fingerprint density at radius 2 is 1.96 bits per heavy atom. The van der Waals surface area contributed by atoms with Crippen LogP contribution in [0.5, 0.6) is 11.5 Å². The van der Waals surface area contributed by atoms with Crippen LogP contribution in [-0.4, -0.2) is 36.7 Å². The van der Waals surface area contributed by atoms with E-state index in [0.717, 1.165) is 12.8 Å². The number of rotatable bonds is 7. The number of hydrogen-bond donors (Lipinski definition) is 1. The fourth-order valence-corrected chi connectivity index (χ4v) is 3.27. The van der Waals surface area contributed by atoms with E-state index in [4.69, 9.17) is 15.2 Å². The second kappa shape index (κ2) is 8.03. The number of nitrogens with two attached hydrogens (primary N) is 1. The predicted molar refractivity (Wildman–Crippen MR) is 96.9 cm³/mol. The summed E-state index contributed by atoms with van der Waals surface area (Å²) < 4.78 is 10.9. The molecule has 0 aromatic heterocycles. The zero-order valence-electron chi connectivity index (χ0n) is 14.5. The summed E-state index contributed by atoms with van der Waals surface area (Å²) in [6.45, 7) is 3.30. The van der Waals surface area contributed by atoms with Crippen LogP contribution < -0.4 is 15.2 Å².